The van der Waals surface area contributed by atoms with Crippen LogP contribution in [0.5, 0.6) is 0 Å². The number of likely N-dealkylation sites (N-methyl/N-ethyl adjacent to an activating group) is 1. The van der Waals surface area contributed by atoms with E-state index in [9.17, 15) is 12.8 Å². The Morgan fingerprint density at radius 1 is 1.20 bits per heavy atom. The normalized spacial score (nSPS) is 18.0. The van der Waals surface area contributed by atoms with Gasteiger partial charge in [-0.05, 0) is 39.4 Å². The van der Waals surface area contributed by atoms with Gasteiger partial charge >= 0.3 is 0 Å². The smallest absolute Gasteiger partial charge is 0.228 e. The predicted molar refractivity (Wildman–Crippen MR) is 117 cm³/mol. The van der Waals surface area contributed by atoms with Crippen LogP contribution >= 0.6 is 0 Å². The second-order valence-electron chi connectivity index (χ2n) is 8.20. The molecule has 0 aliphatic carbocycles. The van der Waals surface area contributed by atoms with Crippen molar-refractivity contribution in [2.24, 2.45) is 0 Å². The molecule has 6 nitrogen and oxygen atoms in total. The molecule has 0 unspecified atom stereocenters. The Morgan fingerprint density at radius 2 is 1.90 bits per heavy atom. The highest BCUT2D eigenvalue weighted by Crippen LogP contribution is 2.23. The van der Waals surface area contributed by atoms with Crippen LogP contribution in [0.25, 0.3) is 0 Å². The largest absolute Gasteiger partial charge is 0.313 e. The number of hydrogen-bond acceptors (Lipinski definition) is 5. The van der Waals surface area contributed by atoms with Gasteiger partial charge < -0.3 is 4.57 Å². The Morgan fingerprint density at radius 3 is 2.53 bits per heavy atom. The van der Waals surface area contributed by atoms with Gasteiger partial charge in [-0.25, -0.2) is 17.8 Å². The van der Waals surface area contributed by atoms with E-state index >= 15 is 0 Å². The van der Waals surface area contributed by atoms with Crippen LogP contribution < -0.4 is 0 Å². The third kappa shape index (κ3) is 4.76. The lowest BCUT2D eigenvalue weighted by Crippen LogP contribution is -2.37. The zero-order valence-electron chi connectivity index (χ0n) is 18.4. The molecule has 1 aromatic carbocycles. The third-order valence-electron chi connectivity index (χ3n) is 6.02. The molecule has 2 heterocycles. The molecule has 0 spiro atoms. The van der Waals surface area contributed by atoms with E-state index in [4.69, 9.17) is 0 Å². The average Bonchev–Trinajstić information content (AvgIpc) is 3.33. The van der Waals surface area contributed by atoms with Crippen LogP contribution in [0.1, 0.15) is 45.4 Å². The molecule has 1 fully saturated rings. The van der Waals surface area contributed by atoms with E-state index < -0.39 is 15.1 Å². The number of sulfone groups is 1. The second-order valence-corrected chi connectivity index (χ2v) is 10.6. The Labute approximate surface area is 179 Å². The molecule has 0 saturated carbocycles. The standard InChI is InChI=1S/C22H33FN4O2S/c1-5-26(6-2)19-11-12-25(15-19)16-20-13-24-22(30(28,29)17(3)4)27(20)14-18-9-7-8-10-21(18)23/h7-10,13,17,19H,5-6,11-12,14-16H2,1-4H3/t19-/m0/s1. The van der Waals surface area contributed by atoms with E-state index in [0.717, 1.165) is 38.3 Å². The summed E-state index contributed by atoms with van der Waals surface area (Å²) in [4.78, 5) is 9.08. The van der Waals surface area contributed by atoms with E-state index in [1.807, 2.05) is 0 Å². The first-order valence-corrected chi connectivity index (χ1v) is 12.3. The Hall–Kier alpha value is -1.77. The van der Waals surface area contributed by atoms with Crippen LogP contribution in [0.4, 0.5) is 4.39 Å². The van der Waals surface area contributed by atoms with Gasteiger partial charge in [-0.1, -0.05) is 32.0 Å². The highest BCUT2D eigenvalue weighted by Gasteiger charge is 2.30. The number of aromatic nitrogens is 2. The zero-order chi connectivity index (χ0) is 21.9. The van der Waals surface area contributed by atoms with Crippen molar-refractivity contribution in [1.29, 1.82) is 0 Å². The Bertz CT molecular complexity index is 954. The van der Waals surface area contributed by atoms with Crippen molar-refractivity contribution in [2.75, 3.05) is 26.2 Å². The molecule has 8 heteroatoms. The molecule has 0 bridgehead atoms. The summed E-state index contributed by atoms with van der Waals surface area (Å²) in [5.41, 5.74) is 1.26. The minimum absolute atomic E-state index is 0.0234. The lowest BCUT2D eigenvalue weighted by Gasteiger charge is -2.26. The lowest BCUT2D eigenvalue weighted by molar-refractivity contribution is 0.208. The number of rotatable bonds is 9. The molecule has 0 radical (unpaired) electrons. The van der Waals surface area contributed by atoms with E-state index in [2.05, 4.69) is 28.6 Å². The molecule has 0 N–H and O–H groups in total. The van der Waals surface area contributed by atoms with E-state index in [0.29, 0.717) is 18.2 Å². The molecule has 2 aromatic rings. The van der Waals surface area contributed by atoms with Gasteiger partial charge in [0, 0.05) is 31.2 Å². The molecule has 1 atom stereocenters. The molecule has 1 aliphatic rings. The quantitative estimate of drug-likeness (QED) is 0.604. The lowest BCUT2D eigenvalue weighted by atomic mass is 10.2. The fourth-order valence-corrected chi connectivity index (χ4v) is 5.26. The van der Waals surface area contributed by atoms with Gasteiger partial charge in [0.05, 0.1) is 23.7 Å². The van der Waals surface area contributed by atoms with Crippen LogP contribution in [0.15, 0.2) is 35.6 Å². The molecule has 1 aliphatic heterocycles. The third-order valence-corrected chi connectivity index (χ3v) is 8.10. The summed E-state index contributed by atoms with van der Waals surface area (Å²) in [6, 6.07) is 7.01. The summed E-state index contributed by atoms with van der Waals surface area (Å²) in [5.74, 6) is -0.340. The van der Waals surface area contributed by atoms with Crippen LogP contribution in [-0.2, 0) is 22.9 Å². The summed E-state index contributed by atoms with van der Waals surface area (Å²) in [6.07, 6.45) is 2.74. The topological polar surface area (TPSA) is 58.4 Å². The van der Waals surface area contributed by atoms with Crippen molar-refractivity contribution in [1.82, 2.24) is 19.4 Å². The first-order chi connectivity index (χ1) is 14.3. The molecule has 0 amide bonds. The van der Waals surface area contributed by atoms with E-state index in [1.165, 1.54) is 6.07 Å². The highest BCUT2D eigenvalue weighted by molar-refractivity contribution is 7.91. The summed E-state index contributed by atoms with van der Waals surface area (Å²) >= 11 is 0. The van der Waals surface area contributed by atoms with Gasteiger partial charge in [-0.3, -0.25) is 9.80 Å². The number of halogens is 1. The van der Waals surface area contributed by atoms with Crippen molar-refractivity contribution in [2.45, 2.75) is 63.7 Å². The average molecular weight is 437 g/mol. The highest BCUT2D eigenvalue weighted by atomic mass is 32.2. The first-order valence-electron chi connectivity index (χ1n) is 10.8. The Kier molecular flexibility index (Phi) is 7.31. The number of hydrogen-bond donors (Lipinski definition) is 0. The van der Waals surface area contributed by atoms with Crippen LogP contribution in [0.2, 0.25) is 0 Å². The summed E-state index contributed by atoms with van der Waals surface area (Å²) in [7, 11) is -3.58. The van der Waals surface area contributed by atoms with Crippen molar-refractivity contribution >= 4 is 9.84 Å². The monoisotopic (exact) mass is 436 g/mol. The number of nitrogens with zero attached hydrogens (tertiary/aromatic N) is 4. The van der Waals surface area contributed by atoms with Crippen LogP contribution in [0.3, 0.4) is 0 Å². The molecule has 3 rings (SSSR count). The maximum atomic E-state index is 14.3. The summed E-state index contributed by atoms with van der Waals surface area (Å²) < 4.78 is 41.8. The molecule has 1 saturated heterocycles. The van der Waals surface area contributed by atoms with Crippen molar-refractivity contribution in [3.05, 3.63) is 47.5 Å². The molecule has 166 valence electrons. The SMILES string of the molecule is CCN(CC)[C@H]1CCN(Cc2cnc(S(=O)(=O)C(C)C)n2Cc2ccccc2F)C1. The molecule has 30 heavy (non-hydrogen) atoms. The van der Waals surface area contributed by atoms with Gasteiger partial charge in [-0.15, -0.1) is 0 Å². The summed E-state index contributed by atoms with van der Waals surface area (Å²) in [6.45, 7) is 12.4. The van der Waals surface area contributed by atoms with Gasteiger partial charge in [0.2, 0.25) is 15.0 Å². The van der Waals surface area contributed by atoms with Crippen LogP contribution in [0, 0.1) is 5.82 Å². The fourth-order valence-electron chi connectivity index (χ4n) is 4.15. The van der Waals surface area contributed by atoms with Gasteiger partial charge in [0.25, 0.3) is 0 Å². The van der Waals surface area contributed by atoms with Gasteiger partial charge in [0.15, 0.2) is 0 Å². The minimum atomic E-state index is -3.58. The zero-order valence-corrected chi connectivity index (χ0v) is 19.2. The van der Waals surface area contributed by atoms with Crippen molar-refractivity contribution < 1.29 is 12.8 Å². The van der Waals surface area contributed by atoms with Crippen molar-refractivity contribution in [3.63, 3.8) is 0 Å². The molecular formula is C22H33FN4O2S. The summed E-state index contributed by atoms with van der Waals surface area (Å²) in [5, 5.41) is -0.568. The number of imidazole rings is 1. The van der Waals surface area contributed by atoms with E-state index in [-0.39, 0.29) is 17.5 Å². The first kappa shape index (κ1) is 22.9. The fraction of sp³-hybridized carbons (Fsp3) is 0.591. The van der Waals surface area contributed by atoms with Crippen LogP contribution in [-0.4, -0.2) is 65.2 Å². The number of likely N-dealkylation sites (tertiary alicyclic amines) is 1. The van der Waals surface area contributed by atoms with Gasteiger partial charge in [-0.2, -0.15) is 0 Å². The number of benzene rings is 1. The second kappa shape index (κ2) is 9.58. The Balaban J connectivity index is 1.90. The minimum Gasteiger partial charge on any atom is -0.313 e. The van der Waals surface area contributed by atoms with E-state index in [1.54, 1.807) is 42.8 Å². The van der Waals surface area contributed by atoms with Crippen molar-refractivity contribution in [3.8, 4) is 0 Å². The maximum absolute atomic E-state index is 14.3. The molecular weight excluding hydrogens is 403 g/mol. The molecule has 1 aromatic heterocycles. The van der Waals surface area contributed by atoms with Gasteiger partial charge in [0.1, 0.15) is 5.82 Å². The maximum Gasteiger partial charge on any atom is 0.228 e. The predicted octanol–water partition coefficient (Wildman–Crippen LogP) is 3.17.